The zero-order valence-corrected chi connectivity index (χ0v) is 11.6. The predicted molar refractivity (Wildman–Crippen MR) is 76.9 cm³/mol. The summed E-state index contributed by atoms with van der Waals surface area (Å²) in [5.74, 6) is 1.09. The van der Waals surface area contributed by atoms with Crippen molar-refractivity contribution in [2.24, 2.45) is 0 Å². The molecule has 0 fully saturated rings. The number of nitrogens with zero attached hydrogens (tertiary/aromatic N) is 3. The number of anilines is 2. The predicted octanol–water partition coefficient (Wildman–Crippen LogP) is 2.25. The van der Waals surface area contributed by atoms with Gasteiger partial charge in [-0.25, -0.2) is 4.98 Å². The molecular formula is C14H19N5. The van der Waals surface area contributed by atoms with Crippen LogP contribution in [0.1, 0.15) is 29.3 Å². The monoisotopic (exact) mass is 257 g/mol. The molecule has 0 amide bonds. The van der Waals surface area contributed by atoms with E-state index in [1.807, 2.05) is 13.1 Å². The first kappa shape index (κ1) is 13.3. The van der Waals surface area contributed by atoms with Crippen molar-refractivity contribution in [3.63, 3.8) is 0 Å². The Balaban J connectivity index is 2.13. The summed E-state index contributed by atoms with van der Waals surface area (Å²) in [6.45, 7) is 6.81. The number of nitrogen functional groups attached to an aromatic ring is 1. The Labute approximate surface area is 113 Å². The van der Waals surface area contributed by atoms with E-state index >= 15 is 0 Å². The molecule has 0 bridgehead atoms. The standard InChI is InChI=1S/C14H19N5/c1-4-12-8-18-14(15)19-13(12)17-7-11-5-9(2)10(3)16-6-11/h5-6,8H,4,7H2,1-3H3,(H3,15,17,18,19). The van der Waals surface area contributed by atoms with Crippen LogP contribution in [-0.2, 0) is 13.0 Å². The van der Waals surface area contributed by atoms with E-state index in [1.54, 1.807) is 6.20 Å². The molecule has 0 radical (unpaired) electrons. The van der Waals surface area contributed by atoms with Crippen LogP contribution < -0.4 is 11.1 Å². The van der Waals surface area contributed by atoms with Crippen LogP contribution in [0.2, 0.25) is 0 Å². The molecular weight excluding hydrogens is 238 g/mol. The molecule has 0 saturated carbocycles. The number of nitrogens with one attached hydrogen (secondary N) is 1. The molecule has 2 heterocycles. The van der Waals surface area contributed by atoms with Crippen LogP contribution in [0, 0.1) is 13.8 Å². The highest BCUT2D eigenvalue weighted by atomic mass is 15.1. The lowest BCUT2D eigenvalue weighted by Gasteiger charge is -2.10. The van der Waals surface area contributed by atoms with Crippen LogP contribution in [0.4, 0.5) is 11.8 Å². The molecule has 0 saturated heterocycles. The van der Waals surface area contributed by atoms with Crippen LogP contribution in [0.5, 0.6) is 0 Å². The molecule has 0 aromatic carbocycles. The van der Waals surface area contributed by atoms with Gasteiger partial charge >= 0.3 is 0 Å². The highest BCUT2D eigenvalue weighted by Gasteiger charge is 2.05. The Kier molecular flexibility index (Phi) is 3.94. The molecule has 2 aromatic rings. The fourth-order valence-corrected chi connectivity index (χ4v) is 1.82. The van der Waals surface area contributed by atoms with E-state index < -0.39 is 0 Å². The SMILES string of the molecule is CCc1cnc(N)nc1NCc1cnc(C)c(C)c1. The number of rotatable bonds is 4. The van der Waals surface area contributed by atoms with Crippen molar-refractivity contribution in [3.8, 4) is 0 Å². The summed E-state index contributed by atoms with van der Waals surface area (Å²) in [5, 5.41) is 3.30. The fourth-order valence-electron chi connectivity index (χ4n) is 1.82. The van der Waals surface area contributed by atoms with Crippen molar-refractivity contribution in [1.29, 1.82) is 0 Å². The van der Waals surface area contributed by atoms with E-state index in [4.69, 9.17) is 5.73 Å². The number of hydrogen-bond donors (Lipinski definition) is 2. The molecule has 19 heavy (non-hydrogen) atoms. The lowest BCUT2D eigenvalue weighted by Crippen LogP contribution is -2.08. The third-order valence-corrected chi connectivity index (χ3v) is 3.12. The van der Waals surface area contributed by atoms with Crippen molar-refractivity contribution >= 4 is 11.8 Å². The second-order valence-corrected chi connectivity index (χ2v) is 4.56. The van der Waals surface area contributed by atoms with E-state index in [-0.39, 0.29) is 5.95 Å². The Bertz CT molecular complexity index is 580. The summed E-state index contributed by atoms with van der Waals surface area (Å²) in [6, 6.07) is 2.13. The largest absolute Gasteiger partial charge is 0.368 e. The van der Waals surface area contributed by atoms with Gasteiger partial charge in [-0.1, -0.05) is 13.0 Å². The van der Waals surface area contributed by atoms with Crippen LogP contribution in [0.25, 0.3) is 0 Å². The van der Waals surface area contributed by atoms with Gasteiger partial charge in [-0.3, -0.25) is 4.98 Å². The second kappa shape index (κ2) is 5.65. The number of aryl methyl sites for hydroxylation is 3. The summed E-state index contributed by atoms with van der Waals surface area (Å²) in [6.07, 6.45) is 4.52. The maximum Gasteiger partial charge on any atom is 0.221 e. The molecule has 0 unspecified atom stereocenters. The number of hydrogen-bond acceptors (Lipinski definition) is 5. The van der Waals surface area contributed by atoms with Crippen molar-refractivity contribution < 1.29 is 0 Å². The highest BCUT2D eigenvalue weighted by molar-refractivity contribution is 5.46. The molecule has 0 atom stereocenters. The molecule has 0 aliphatic carbocycles. The summed E-state index contributed by atoms with van der Waals surface area (Å²) >= 11 is 0. The average Bonchev–Trinajstić information content (AvgIpc) is 2.40. The molecule has 2 rings (SSSR count). The van der Waals surface area contributed by atoms with Crippen LogP contribution in [0.15, 0.2) is 18.5 Å². The molecule has 5 nitrogen and oxygen atoms in total. The lowest BCUT2D eigenvalue weighted by atomic mass is 10.1. The smallest absolute Gasteiger partial charge is 0.221 e. The molecule has 0 aliphatic rings. The number of aromatic nitrogens is 3. The Morgan fingerprint density at radius 3 is 2.68 bits per heavy atom. The van der Waals surface area contributed by atoms with Gasteiger partial charge in [-0.15, -0.1) is 0 Å². The van der Waals surface area contributed by atoms with E-state index in [0.717, 1.165) is 29.1 Å². The van der Waals surface area contributed by atoms with Gasteiger partial charge in [0.15, 0.2) is 0 Å². The lowest BCUT2D eigenvalue weighted by molar-refractivity contribution is 1.00. The first-order chi connectivity index (χ1) is 9.10. The van der Waals surface area contributed by atoms with E-state index in [9.17, 15) is 0 Å². The van der Waals surface area contributed by atoms with Gasteiger partial charge in [0.05, 0.1) is 0 Å². The van der Waals surface area contributed by atoms with Crippen molar-refractivity contribution in [2.75, 3.05) is 11.1 Å². The molecule has 2 aromatic heterocycles. The molecule has 0 spiro atoms. The van der Waals surface area contributed by atoms with Crippen molar-refractivity contribution in [2.45, 2.75) is 33.7 Å². The summed E-state index contributed by atoms with van der Waals surface area (Å²) in [5.41, 5.74) is 10.1. The normalized spacial score (nSPS) is 10.5. The first-order valence-electron chi connectivity index (χ1n) is 6.37. The summed E-state index contributed by atoms with van der Waals surface area (Å²) in [4.78, 5) is 12.6. The summed E-state index contributed by atoms with van der Waals surface area (Å²) in [7, 11) is 0. The van der Waals surface area contributed by atoms with Crippen molar-refractivity contribution in [1.82, 2.24) is 15.0 Å². The minimum Gasteiger partial charge on any atom is -0.368 e. The van der Waals surface area contributed by atoms with E-state index in [1.165, 1.54) is 5.56 Å². The van der Waals surface area contributed by atoms with Crippen LogP contribution >= 0.6 is 0 Å². The van der Waals surface area contributed by atoms with Crippen molar-refractivity contribution in [3.05, 3.63) is 40.8 Å². The Hall–Kier alpha value is -2.17. The third-order valence-electron chi connectivity index (χ3n) is 3.12. The zero-order chi connectivity index (χ0) is 13.8. The number of nitrogens with two attached hydrogens (primary N) is 1. The third kappa shape index (κ3) is 3.19. The topological polar surface area (TPSA) is 76.7 Å². The van der Waals surface area contributed by atoms with Gasteiger partial charge in [-0.2, -0.15) is 4.98 Å². The van der Waals surface area contributed by atoms with Gasteiger partial charge in [0.2, 0.25) is 5.95 Å². The van der Waals surface area contributed by atoms with Gasteiger partial charge < -0.3 is 11.1 Å². The van der Waals surface area contributed by atoms with Gasteiger partial charge in [0.25, 0.3) is 0 Å². The highest BCUT2D eigenvalue weighted by Crippen LogP contribution is 2.15. The van der Waals surface area contributed by atoms with Gasteiger partial charge in [0, 0.05) is 30.2 Å². The van der Waals surface area contributed by atoms with E-state index in [2.05, 4.69) is 40.2 Å². The van der Waals surface area contributed by atoms with Gasteiger partial charge in [0.1, 0.15) is 5.82 Å². The average molecular weight is 257 g/mol. The minimum atomic E-state index is 0.290. The fraction of sp³-hybridized carbons (Fsp3) is 0.357. The van der Waals surface area contributed by atoms with E-state index in [0.29, 0.717) is 6.54 Å². The number of pyridine rings is 1. The Morgan fingerprint density at radius 1 is 1.21 bits per heavy atom. The molecule has 0 aliphatic heterocycles. The summed E-state index contributed by atoms with van der Waals surface area (Å²) < 4.78 is 0. The maximum atomic E-state index is 5.62. The molecule has 100 valence electrons. The van der Waals surface area contributed by atoms with Gasteiger partial charge in [-0.05, 0) is 31.4 Å². The molecule has 5 heteroatoms. The Morgan fingerprint density at radius 2 is 2.00 bits per heavy atom. The van der Waals surface area contributed by atoms with Crippen LogP contribution in [0.3, 0.4) is 0 Å². The van der Waals surface area contributed by atoms with Crippen LogP contribution in [-0.4, -0.2) is 15.0 Å². The molecule has 3 N–H and O–H groups in total. The minimum absolute atomic E-state index is 0.290. The zero-order valence-electron chi connectivity index (χ0n) is 11.6. The first-order valence-corrected chi connectivity index (χ1v) is 6.37. The second-order valence-electron chi connectivity index (χ2n) is 4.56. The quantitative estimate of drug-likeness (QED) is 0.878. The maximum absolute atomic E-state index is 5.62.